The van der Waals surface area contributed by atoms with E-state index >= 15 is 0 Å². The van der Waals surface area contributed by atoms with Crippen LogP contribution in [0.4, 0.5) is 0 Å². The summed E-state index contributed by atoms with van der Waals surface area (Å²) in [5.74, 6) is 1.79. The minimum Gasteiger partial charge on any atom is -0.493 e. The Morgan fingerprint density at radius 3 is 2.12 bits per heavy atom. The van der Waals surface area contributed by atoms with Crippen molar-refractivity contribution in [3.8, 4) is 17.2 Å². The SMILES string of the molecule is COc1cc([C@@H]2C=C(c3ccccc3)NC(=S)N2)cc(OC)c1OC. The van der Waals surface area contributed by atoms with Gasteiger partial charge in [0.2, 0.25) is 5.75 Å². The molecule has 1 aliphatic heterocycles. The van der Waals surface area contributed by atoms with E-state index in [1.165, 1.54) is 0 Å². The third-order valence-corrected chi connectivity index (χ3v) is 4.22. The van der Waals surface area contributed by atoms with E-state index in [-0.39, 0.29) is 6.04 Å². The first-order valence-electron chi connectivity index (χ1n) is 7.81. The maximum Gasteiger partial charge on any atom is 0.203 e. The van der Waals surface area contributed by atoms with Crippen LogP contribution in [-0.2, 0) is 0 Å². The van der Waals surface area contributed by atoms with Crippen LogP contribution in [-0.4, -0.2) is 26.4 Å². The van der Waals surface area contributed by atoms with Crippen LogP contribution in [0.2, 0.25) is 0 Å². The molecule has 1 atom stereocenters. The van der Waals surface area contributed by atoms with Crippen molar-refractivity contribution in [2.45, 2.75) is 6.04 Å². The monoisotopic (exact) mass is 356 g/mol. The normalized spacial score (nSPS) is 16.4. The highest BCUT2D eigenvalue weighted by atomic mass is 32.1. The second-order valence-corrected chi connectivity index (χ2v) is 5.89. The zero-order valence-corrected chi connectivity index (χ0v) is 15.1. The van der Waals surface area contributed by atoms with Crippen molar-refractivity contribution in [1.82, 2.24) is 10.6 Å². The predicted octanol–water partition coefficient (Wildman–Crippen LogP) is 3.27. The maximum absolute atomic E-state index is 5.45. The highest BCUT2D eigenvalue weighted by molar-refractivity contribution is 7.80. The Morgan fingerprint density at radius 1 is 0.920 bits per heavy atom. The first kappa shape index (κ1) is 17.1. The molecule has 6 heteroatoms. The van der Waals surface area contributed by atoms with Crippen LogP contribution in [0.1, 0.15) is 17.2 Å². The van der Waals surface area contributed by atoms with Gasteiger partial charge in [-0.3, -0.25) is 0 Å². The van der Waals surface area contributed by atoms with Crippen LogP contribution >= 0.6 is 12.2 Å². The van der Waals surface area contributed by atoms with Gasteiger partial charge in [-0.15, -0.1) is 0 Å². The van der Waals surface area contributed by atoms with Gasteiger partial charge in [0.15, 0.2) is 16.6 Å². The standard InChI is InChI=1S/C19H20N2O3S/c1-22-16-9-13(10-17(23-2)18(16)24-3)15-11-14(20-19(25)21-15)12-7-5-4-6-8-12/h4-11,15H,1-3H3,(H2,20,21,25)/t15-/m0/s1. The Bertz CT molecular complexity index is 781. The number of rotatable bonds is 5. The average Bonchev–Trinajstić information content (AvgIpc) is 2.66. The van der Waals surface area contributed by atoms with Crippen LogP contribution < -0.4 is 24.8 Å². The van der Waals surface area contributed by atoms with Crippen molar-refractivity contribution >= 4 is 23.0 Å². The molecule has 1 heterocycles. The molecule has 1 aliphatic rings. The molecule has 2 N–H and O–H groups in total. The Labute approximate surface area is 152 Å². The summed E-state index contributed by atoms with van der Waals surface area (Å²) in [6.45, 7) is 0. The minimum absolute atomic E-state index is 0.113. The summed E-state index contributed by atoms with van der Waals surface area (Å²) in [7, 11) is 4.80. The summed E-state index contributed by atoms with van der Waals surface area (Å²) in [4.78, 5) is 0. The van der Waals surface area contributed by atoms with Gasteiger partial charge in [0.25, 0.3) is 0 Å². The van der Waals surface area contributed by atoms with E-state index in [4.69, 9.17) is 26.4 Å². The molecule has 0 radical (unpaired) electrons. The predicted molar refractivity (Wildman–Crippen MR) is 102 cm³/mol. The molecule has 0 bridgehead atoms. The summed E-state index contributed by atoms with van der Waals surface area (Å²) in [6, 6.07) is 13.8. The van der Waals surface area contributed by atoms with E-state index in [9.17, 15) is 0 Å². The van der Waals surface area contributed by atoms with E-state index in [0.717, 1.165) is 16.8 Å². The molecule has 0 aromatic heterocycles. The molecule has 2 aromatic carbocycles. The molecule has 0 saturated heterocycles. The molecular formula is C19H20N2O3S. The molecule has 2 aromatic rings. The van der Waals surface area contributed by atoms with E-state index in [1.54, 1.807) is 21.3 Å². The second kappa shape index (κ2) is 7.44. The topological polar surface area (TPSA) is 51.8 Å². The first-order valence-corrected chi connectivity index (χ1v) is 8.21. The zero-order valence-electron chi connectivity index (χ0n) is 14.3. The van der Waals surface area contributed by atoms with E-state index in [2.05, 4.69) is 16.7 Å². The number of ether oxygens (including phenoxy) is 3. The van der Waals surface area contributed by atoms with E-state index in [0.29, 0.717) is 22.4 Å². The molecule has 0 saturated carbocycles. The van der Waals surface area contributed by atoms with Crippen molar-refractivity contribution in [2.75, 3.05) is 21.3 Å². The zero-order chi connectivity index (χ0) is 17.8. The summed E-state index contributed by atoms with van der Waals surface area (Å²) < 4.78 is 16.3. The lowest BCUT2D eigenvalue weighted by Crippen LogP contribution is -2.40. The fourth-order valence-electron chi connectivity index (χ4n) is 2.80. The minimum atomic E-state index is -0.113. The molecule has 0 fully saturated rings. The molecule has 130 valence electrons. The largest absolute Gasteiger partial charge is 0.493 e. The quantitative estimate of drug-likeness (QED) is 0.802. The molecule has 0 spiro atoms. The molecule has 5 nitrogen and oxygen atoms in total. The van der Waals surface area contributed by atoms with Crippen molar-refractivity contribution in [1.29, 1.82) is 0 Å². The van der Waals surface area contributed by atoms with Crippen molar-refractivity contribution in [3.05, 3.63) is 59.7 Å². The Balaban J connectivity index is 2.04. The third kappa shape index (κ3) is 3.53. The van der Waals surface area contributed by atoms with Crippen LogP contribution in [0.3, 0.4) is 0 Å². The van der Waals surface area contributed by atoms with Crippen LogP contribution in [0, 0.1) is 0 Å². The van der Waals surface area contributed by atoms with Gasteiger partial charge in [-0.25, -0.2) is 0 Å². The first-order chi connectivity index (χ1) is 12.2. The molecular weight excluding hydrogens is 336 g/mol. The number of nitrogens with one attached hydrogen (secondary N) is 2. The summed E-state index contributed by atoms with van der Waals surface area (Å²) >= 11 is 5.38. The number of thiocarbonyl (C=S) groups is 1. The lowest BCUT2D eigenvalue weighted by molar-refractivity contribution is 0.323. The number of hydrogen-bond donors (Lipinski definition) is 2. The van der Waals surface area contributed by atoms with E-state index in [1.807, 2.05) is 42.5 Å². The molecule has 25 heavy (non-hydrogen) atoms. The van der Waals surface area contributed by atoms with Gasteiger partial charge in [-0.2, -0.15) is 0 Å². The van der Waals surface area contributed by atoms with Crippen LogP contribution in [0.5, 0.6) is 17.2 Å². The summed E-state index contributed by atoms with van der Waals surface area (Å²) in [5.41, 5.74) is 3.00. The van der Waals surface area contributed by atoms with Gasteiger partial charge in [-0.05, 0) is 41.6 Å². The van der Waals surface area contributed by atoms with Crippen molar-refractivity contribution < 1.29 is 14.2 Å². The third-order valence-electron chi connectivity index (χ3n) is 4.00. The van der Waals surface area contributed by atoms with Gasteiger partial charge < -0.3 is 24.8 Å². The van der Waals surface area contributed by atoms with E-state index < -0.39 is 0 Å². The van der Waals surface area contributed by atoms with Gasteiger partial charge in [-0.1, -0.05) is 30.3 Å². The smallest absolute Gasteiger partial charge is 0.203 e. The molecule has 0 unspecified atom stereocenters. The van der Waals surface area contributed by atoms with Crippen molar-refractivity contribution in [3.63, 3.8) is 0 Å². The lowest BCUT2D eigenvalue weighted by atomic mass is 10.0. The summed E-state index contributed by atoms with van der Waals surface area (Å²) in [6.07, 6.45) is 2.09. The van der Waals surface area contributed by atoms with Gasteiger partial charge in [0.05, 0.1) is 27.4 Å². The average molecular weight is 356 g/mol. The van der Waals surface area contributed by atoms with Crippen LogP contribution in [0.15, 0.2) is 48.5 Å². The van der Waals surface area contributed by atoms with Gasteiger partial charge in [0.1, 0.15) is 0 Å². The number of hydrogen-bond acceptors (Lipinski definition) is 4. The number of benzene rings is 2. The second-order valence-electron chi connectivity index (χ2n) is 5.48. The van der Waals surface area contributed by atoms with Gasteiger partial charge in [0, 0.05) is 5.70 Å². The molecule has 0 amide bonds. The fraction of sp³-hybridized carbons (Fsp3) is 0.211. The Morgan fingerprint density at radius 2 is 1.56 bits per heavy atom. The lowest BCUT2D eigenvalue weighted by Gasteiger charge is -2.27. The van der Waals surface area contributed by atoms with Gasteiger partial charge >= 0.3 is 0 Å². The van der Waals surface area contributed by atoms with Crippen molar-refractivity contribution in [2.24, 2.45) is 0 Å². The maximum atomic E-state index is 5.45. The highest BCUT2D eigenvalue weighted by Gasteiger charge is 2.22. The Hall–Kier alpha value is -2.73. The van der Waals surface area contributed by atoms with Crippen LogP contribution in [0.25, 0.3) is 5.70 Å². The summed E-state index contributed by atoms with van der Waals surface area (Å²) in [5, 5.41) is 7.04. The number of methoxy groups -OCH3 is 3. The molecule has 0 aliphatic carbocycles. The fourth-order valence-corrected chi connectivity index (χ4v) is 3.03. The highest BCUT2D eigenvalue weighted by Crippen LogP contribution is 2.40. The molecule has 3 rings (SSSR count). The Kier molecular flexibility index (Phi) is 5.09.